The predicted octanol–water partition coefficient (Wildman–Crippen LogP) is 1.25. The maximum atomic E-state index is 12.9. The number of nitrogens with two attached hydrogens (primary N) is 1. The fraction of sp³-hybridized carbons (Fsp3) is 0.562. The minimum absolute atomic E-state index is 0.0217. The lowest BCUT2D eigenvalue weighted by Gasteiger charge is -2.43. The van der Waals surface area contributed by atoms with E-state index in [1.165, 1.54) is 12.1 Å². The van der Waals surface area contributed by atoms with Gasteiger partial charge in [0.05, 0.1) is 6.42 Å². The molecule has 1 aliphatic rings. The van der Waals surface area contributed by atoms with E-state index in [0.29, 0.717) is 13.0 Å². The molecule has 1 aromatic carbocycles. The van der Waals surface area contributed by atoms with Crippen molar-refractivity contribution in [2.45, 2.75) is 25.8 Å². The van der Waals surface area contributed by atoms with Crippen molar-refractivity contribution in [2.75, 3.05) is 32.7 Å². The molecule has 0 spiro atoms. The summed E-state index contributed by atoms with van der Waals surface area (Å²) in [6.45, 7) is 8.01. The summed E-state index contributed by atoms with van der Waals surface area (Å²) < 4.78 is 12.9. The van der Waals surface area contributed by atoms with Crippen molar-refractivity contribution < 1.29 is 9.18 Å². The van der Waals surface area contributed by atoms with Gasteiger partial charge >= 0.3 is 0 Å². The summed E-state index contributed by atoms with van der Waals surface area (Å²) in [6, 6.07) is 6.12. The Bertz CT molecular complexity index is 479. The number of rotatable bonds is 4. The van der Waals surface area contributed by atoms with Crippen molar-refractivity contribution in [3.8, 4) is 0 Å². The lowest BCUT2D eigenvalue weighted by atomic mass is 10.0. The van der Waals surface area contributed by atoms with Gasteiger partial charge in [-0.3, -0.25) is 9.69 Å². The van der Waals surface area contributed by atoms with E-state index in [1.54, 1.807) is 12.1 Å². The molecular weight excluding hydrogens is 269 g/mol. The van der Waals surface area contributed by atoms with Crippen molar-refractivity contribution in [3.63, 3.8) is 0 Å². The summed E-state index contributed by atoms with van der Waals surface area (Å²) in [5.41, 5.74) is 6.62. The van der Waals surface area contributed by atoms with Gasteiger partial charge < -0.3 is 10.6 Å². The highest BCUT2D eigenvalue weighted by atomic mass is 19.1. The van der Waals surface area contributed by atoms with E-state index in [2.05, 4.69) is 18.7 Å². The Morgan fingerprint density at radius 3 is 2.29 bits per heavy atom. The predicted molar refractivity (Wildman–Crippen MR) is 81.4 cm³/mol. The van der Waals surface area contributed by atoms with E-state index in [1.807, 2.05) is 4.90 Å². The second-order valence-electron chi connectivity index (χ2n) is 6.19. The lowest BCUT2D eigenvalue weighted by molar-refractivity contribution is -0.133. The average molecular weight is 293 g/mol. The van der Waals surface area contributed by atoms with E-state index >= 15 is 0 Å². The number of carbonyl (C=O) groups excluding carboxylic acids is 1. The van der Waals surface area contributed by atoms with Gasteiger partial charge in [-0.1, -0.05) is 12.1 Å². The largest absolute Gasteiger partial charge is 0.340 e. The van der Waals surface area contributed by atoms with Crippen LogP contribution in [0.1, 0.15) is 19.4 Å². The number of nitrogens with zero attached hydrogens (tertiary/aromatic N) is 2. The van der Waals surface area contributed by atoms with E-state index in [9.17, 15) is 9.18 Å². The van der Waals surface area contributed by atoms with Crippen molar-refractivity contribution in [1.29, 1.82) is 0 Å². The third-order valence-electron chi connectivity index (χ3n) is 4.26. The standard InChI is InChI=1S/C16H24FN3O/c1-16(2,12-18)20-9-7-19(8-10-20)15(21)11-13-3-5-14(17)6-4-13/h3-6H,7-12,18H2,1-2H3. The SMILES string of the molecule is CC(C)(CN)N1CCN(C(=O)Cc2ccc(F)cc2)CC1. The number of carbonyl (C=O) groups is 1. The van der Waals surface area contributed by atoms with Gasteiger partial charge in [-0.2, -0.15) is 0 Å². The Labute approximate surface area is 125 Å². The Morgan fingerprint density at radius 2 is 1.76 bits per heavy atom. The quantitative estimate of drug-likeness (QED) is 0.909. The number of hydrogen-bond acceptors (Lipinski definition) is 3. The monoisotopic (exact) mass is 293 g/mol. The first kappa shape index (κ1) is 15.9. The average Bonchev–Trinajstić information content (AvgIpc) is 2.49. The highest BCUT2D eigenvalue weighted by Gasteiger charge is 2.29. The third kappa shape index (κ3) is 4.02. The molecule has 5 heteroatoms. The Hall–Kier alpha value is -1.46. The maximum Gasteiger partial charge on any atom is 0.227 e. The normalized spacial score (nSPS) is 17.0. The van der Waals surface area contributed by atoms with Gasteiger partial charge in [0, 0.05) is 38.3 Å². The fourth-order valence-electron chi connectivity index (χ4n) is 2.58. The topological polar surface area (TPSA) is 49.6 Å². The van der Waals surface area contributed by atoms with Crippen LogP contribution in [0.15, 0.2) is 24.3 Å². The molecule has 21 heavy (non-hydrogen) atoms. The number of piperazine rings is 1. The second kappa shape index (κ2) is 6.54. The van der Waals surface area contributed by atoms with Crippen LogP contribution >= 0.6 is 0 Å². The first-order chi connectivity index (χ1) is 9.92. The van der Waals surface area contributed by atoms with E-state index in [-0.39, 0.29) is 17.3 Å². The van der Waals surface area contributed by atoms with Crippen molar-refractivity contribution in [1.82, 2.24) is 9.80 Å². The minimum Gasteiger partial charge on any atom is -0.340 e. The molecule has 0 saturated carbocycles. The Kier molecular flexibility index (Phi) is 4.96. The van der Waals surface area contributed by atoms with E-state index < -0.39 is 0 Å². The zero-order valence-electron chi connectivity index (χ0n) is 12.8. The molecule has 0 radical (unpaired) electrons. The Morgan fingerprint density at radius 1 is 1.19 bits per heavy atom. The first-order valence-electron chi connectivity index (χ1n) is 7.40. The molecule has 2 N–H and O–H groups in total. The second-order valence-corrected chi connectivity index (χ2v) is 6.19. The van der Waals surface area contributed by atoms with E-state index in [4.69, 9.17) is 5.73 Å². The molecule has 1 aliphatic heterocycles. The van der Waals surface area contributed by atoms with Crippen molar-refractivity contribution >= 4 is 5.91 Å². The van der Waals surface area contributed by atoms with Crippen LogP contribution in [0.4, 0.5) is 4.39 Å². The van der Waals surface area contributed by atoms with Crippen LogP contribution in [-0.2, 0) is 11.2 Å². The molecule has 2 rings (SSSR count). The fourth-order valence-corrected chi connectivity index (χ4v) is 2.58. The molecule has 1 fully saturated rings. The first-order valence-corrected chi connectivity index (χ1v) is 7.40. The van der Waals surface area contributed by atoms with E-state index in [0.717, 1.165) is 31.7 Å². The molecule has 0 atom stereocenters. The highest BCUT2D eigenvalue weighted by Crippen LogP contribution is 2.16. The smallest absolute Gasteiger partial charge is 0.227 e. The summed E-state index contributed by atoms with van der Waals surface area (Å²) in [5, 5.41) is 0. The van der Waals surface area contributed by atoms with Gasteiger partial charge in [-0.25, -0.2) is 4.39 Å². The summed E-state index contributed by atoms with van der Waals surface area (Å²) in [6.07, 6.45) is 0.334. The van der Waals surface area contributed by atoms with Crippen LogP contribution in [0.5, 0.6) is 0 Å². The number of hydrogen-bond donors (Lipinski definition) is 1. The molecular formula is C16H24FN3O. The summed E-state index contributed by atoms with van der Waals surface area (Å²) in [5.74, 6) is -0.171. The minimum atomic E-state index is -0.274. The van der Waals surface area contributed by atoms with Crippen molar-refractivity contribution in [3.05, 3.63) is 35.6 Å². The summed E-state index contributed by atoms with van der Waals surface area (Å²) >= 11 is 0. The van der Waals surface area contributed by atoms with Crippen LogP contribution in [-0.4, -0.2) is 54.0 Å². The molecule has 0 bridgehead atoms. The van der Waals surface area contributed by atoms with Gasteiger partial charge in [0.2, 0.25) is 5.91 Å². The van der Waals surface area contributed by atoms with Crippen LogP contribution in [0.25, 0.3) is 0 Å². The van der Waals surface area contributed by atoms with Crippen LogP contribution < -0.4 is 5.73 Å². The van der Waals surface area contributed by atoms with Gasteiger partial charge in [0.25, 0.3) is 0 Å². The summed E-state index contributed by atoms with van der Waals surface area (Å²) in [4.78, 5) is 16.5. The van der Waals surface area contributed by atoms with Gasteiger partial charge in [0.1, 0.15) is 5.82 Å². The maximum absolute atomic E-state index is 12.9. The molecule has 116 valence electrons. The van der Waals surface area contributed by atoms with Gasteiger partial charge in [-0.15, -0.1) is 0 Å². The third-order valence-corrected chi connectivity index (χ3v) is 4.26. The molecule has 1 saturated heterocycles. The van der Waals surface area contributed by atoms with Gasteiger partial charge in [0.15, 0.2) is 0 Å². The number of halogens is 1. The number of benzene rings is 1. The molecule has 0 aliphatic carbocycles. The highest BCUT2D eigenvalue weighted by molar-refractivity contribution is 5.78. The van der Waals surface area contributed by atoms with Crippen molar-refractivity contribution in [2.24, 2.45) is 5.73 Å². The summed E-state index contributed by atoms with van der Waals surface area (Å²) in [7, 11) is 0. The lowest BCUT2D eigenvalue weighted by Crippen LogP contribution is -2.58. The van der Waals surface area contributed by atoms with Crippen LogP contribution in [0.3, 0.4) is 0 Å². The zero-order chi connectivity index (χ0) is 15.5. The number of amides is 1. The molecule has 1 amide bonds. The zero-order valence-corrected chi connectivity index (χ0v) is 12.8. The van der Waals surface area contributed by atoms with Crippen LogP contribution in [0, 0.1) is 5.82 Å². The Balaban J connectivity index is 1.87. The molecule has 1 aromatic rings. The molecule has 4 nitrogen and oxygen atoms in total. The molecule has 0 aromatic heterocycles. The molecule has 0 unspecified atom stereocenters. The van der Waals surface area contributed by atoms with Crippen LogP contribution in [0.2, 0.25) is 0 Å². The van der Waals surface area contributed by atoms with Gasteiger partial charge in [-0.05, 0) is 31.5 Å². The molecule has 1 heterocycles.